The van der Waals surface area contributed by atoms with E-state index in [-0.39, 0.29) is 0 Å². The zero-order valence-electron chi connectivity index (χ0n) is 7.69. The van der Waals surface area contributed by atoms with Crippen LogP contribution in [0.25, 0.3) is 0 Å². The van der Waals surface area contributed by atoms with Gasteiger partial charge in [-0.1, -0.05) is 0 Å². The number of nitrogens with zero attached hydrogens (tertiary/aromatic N) is 3. The molecule has 0 amide bonds. The van der Waals surface area contributed by atoms with Crippen molar-refractivity contribution in [3.63, 3.8) is 0 Å². The summed E-state index contributed by atoms with van der Waals surface area (Å²) in [6.07, 6.45) is 6.78. The summed E-state index contributed by atoms with van der Waals surface area (Å²) in [6, 6.07) is 0.496. The van der Waals surface area contributed by atoms with Crippen molar-refractivity contribution in [1.29, 1.82) is 0 Å². The summed E-state index contributed by atoms with van der Waals surface area (Å²) in [5, 5.41) is 7.88. The second kappa shape index (κ2) is 4.39. The first kappa shape index (κ1) is 8.72. The molecule has 4 nitrogen and oxygen atoms in total. The van der Waals surface area contributed by atoms with Gasteiger partial charge in [-0.05, 0) is 6.42 Å². The van der Waals surface area contributed by atoms with Crippen molar-refractivity contribution in [2.45, 2.75) is 19.0 Å². The first-order chi connectivity index (χ1) is 6.45. The number of aryl methyl sites for hydroxylation is 1. The topological polar surface area (TPSA) is 44.0 Å². The molecular formula is C9H15N4. The lowest BCUT2D eigenvalue weighted by Gasteiger charge is -2.22. The van der Waals surface area contributed by atoms with Crippen LogP contribution in [-0.2, 0) is 6.54 Å². The third-order valence-electron chi connectivity index (χ3n) is 2.34. The van der Waals surface area contributed by atoms with Crippen LogP contribution >= 0.6 is 0 Å². The van der Waals surface area contributed by atoms with Gasteiger partial charge in [0.25, 0.3) is 0 Å². The minimum absolute atomic E-state index is 0.496. The maximum atomic E-state index is 4.53. The van der Waals surface area contributed by atoms with Gasteiger partial charge in [0, 0.05) is 44.6 Å². The highest BCUT2D eigenvalue weighted by atomic mass is 15.1. The number of hydrogen-bond donors (Lipinski definition) is 1. The number of rotatable bonds is 3. The van der Waals surface area contributed by atoms with Crippen molar-refractivity contribution >= 4 is 0 Å². The Morgan fingerprint density at radius 3 is 3.23 bits per heavy atom. The quantitative estimate of drug-likeness (QED) is 0.701. The Hall–Kier alpha value is -0.870. The van der Waals surface area contributed by atoms with Gasteiger partial charge in [-0.15, -0.1) is 0 Å². The Morgan fingerprint density at radius 2 is 2.54 bits per heavy atom. The van der Waals surface area contributed by atoms with Crippen LogP contribution in [0.2, 0.25) is 0 Å². The minimum Gasteiger partial charge on any atom is -0.337 e. The first-order valence-electron chi connectivity index (χ1n) is 4.78. The zero-order chi connectivity index (χ0) is 8.93. The average molecular weight is 179 g/mol. The van der Waals surface area contributed by atoms with Gasteiger partial charge in [-0.25, -0.2) is 10.3 Å². The Labute approximate surface area is 78.4 Å². The van der Waals surface area contributed by atoms with E-state index in [0.717, 1.165) is 32.6 Å². The van der Waals surface area contributed by atoms with Crippen LogP contribution < -0.4 is 10.6 Å². The van der Waals surface area contributed by atoms with E-state index in [2.05, 4.69) is 20.2 Å². The highest BCUT2D eigenvalue weighted by Gasteiger charge is 2.12. The van der Waals surface area contributed by atoms with Crippen LogP contribution in [-0.4, -0.2) is 35.2 Å². The van der Waals surface area contributed by atoms with Crippen LogP contribution in [0.5, 0.6) is 0 Å². The molecule has 4 heteroatoms. The van der Waals surface area contributed by atoms with Gasteiger partial charge in [0.2, 0.25) is 0 Å². The van der Waals surface area contributed by atoms with E-state index >= 15 is 0 Å². The number of aromatic nitrogens is 2. The lowest BCUT2D eigenvalue weighted by molar-refractivity contribution is 0.375. The third kappa shape index (κ3) is 2.54. The smallest absolute Gasteiger partial charge is 0.0945 e. The van der Waals surface area contributed by atoms with Crippen LogP contribution in [0.15, 0.2) is 18.7 Å². The normalized spacial score (nSPS) is 23.2. The fourth-order valence-electron chi connectivity index (χ4n) is 1.57. The molecule has 1 aliphatic heterocycles. The van der Waals surface area contributed by atoms with Gasteiger partial charge in [-0.3, -0.25) is 0 Å². The third-order valence-corrected chi connectivity index (χ3v) is 2.34. The highest BCUT2D eigenvalue weighted by Crippen LogP contribution is 1.99. The zero-order valence-corrected chi connectivity index (χ0v) is 7.69. The summed E-state index contributed by atoms with van der Waals surface area (Å²) in [5.74, 6) is 0. The first-order valence-corrected chi connectivity index (χ1v) is 4.78. The van der Waals surface area contributed by atoms with Gasteiger partial charge >= 0.3 is 0 Å². The molecule has 0 bridgehead atoms. The predicted molar refractivity (Wildman–Crippen MR) is 50.5 cm³/mol. The van der Waals surface area contributed by atoms with E-state index in [4.69, 9.17) is 0 Å². The molecule has 1 aromatic heterocycles. The predicted octanol–water partition coefficient (Wildman–Crippen LogP) is -0.151. The molecule has 1 atom stereocenters. The van der Waals surface area contributed by atoms with Crippen LogP contribution in [0.4, 0.5) is 0 Å². The standard InChI is InChI=1S/C9H15N4/c1(5-13-6-4-11-8-13)9-7-10-2-3-12-9/h4,6,8-10H,1-3,5,7H2. The Balaban J connectivity index is 1.72. The van der Waals surface area contributed by atoms with Crippen LogP contribution in [0.3, 0.4) is 0 Å². The van der Waals surface area contributed by atoms with Gasteiger partial charge < -0.3 is 9.88 Å². The molecule has 0 aromatic carbocycles. The Kier molecular flexibility index (Phi) is 2.94. The van der Waals surface area contributed by atoms with Crippen molar-refractivity contribution in [3.8, 4) is 0 Å². The lowest BCUT2D eigenvalue weighted by atomic mass is 10.1. The largest absolute Gasteiger partial charge is 0.337 e. The molecule has 13 heavy (non-hydrogen) atoms. The van der Waals surface area contributed by atoms with E-state index < -0.39 is 0 Å². The summed E-state index contributed by atoms with van der Waals surface area (Å²) in [5.41, 5.74) is 0. The summed E-state index contributed by atoms with van der Waals surface area (Å²) in [4.78, 5) is 4.00. The molecule has 0 spiro atoms. The van der Waals surface area contributed by atoms with Crippen LogP contribution in [0.1, 0.15) is 6.42 Å². The van der Waals surface area contributed by atoms with Gasteiger partial charge in [0.1, 0.15) is 0 Å². The molecule has 0 saturated carbocycles. The molecule has 1 aromatic rings. The van der Waals surface area contributed by atoms with E-state index in [1.807, 2.05) is 18.7 Å². The second-order valence-electron chi connectivity index (χ2n) is 3.35. The molecule has 1 unspecified atom stereocenters. The summed E-state index contributed by atoms with van der Waals surface area (Å²) >= 11 is 0. The van der Waals surface area contributed by atoms with Crippen molar-refractivity contribution in [2.24, 2.45) is 0 Å². The molecule has 71 valence electrons. The molecule has 1 aliphatic rings. The molecule has 1 saturated heterocycles. The van der Waals surface area contributed by atoms with E-state index in [1.54, 1.807) is 0 Å². The molecule has 1 radical (unpaired) electrons. The van der Waals surface area contributed by atoms with Crippen molar-refractivity contribution in [3.05, 3.63) is 18.7 Å². The molecular weight excluding hydrogens is 164 g/mol. The molecule has 1 fully saturated rings. The molecule has 2 heterocycles. The second-order valence-corrected chi connectivity index (χ2v) is 3.35. The lowest BCUT2D eigenvalue weighted by Crippen LogP contribution is -2.44. The SMILES string of the molecule is c1cn(CCC2CNCC[N]2)cn1. The molecule has 0 aliphatic carbocycles. The fraction of sp³-hybridized carbons (Fsp3) is 0.667. The van der Waals surface area contributed by atoms with Gasteiger partial charge in [-0.2, -0.15) is 0 Å². The maximum Gasteiger partial charge on any atom is 0.0945 e. The summed E-state index contributed by atoms with van der Waals surface area (Å²) in [6.45, 7) is 4.07. The number of piperazine rings is 1. The number of nitrogens with one attached hydrogen (secondary N) is 1. The van der Waals surface area contributed by atoms with E-state index in [1.165, 1.54) is 0 Å². The minimum atomic E-state index is 0.496. The number of imidazole rings is 1. The van der Waals surface area contributed by atoms with Crippen molar-refractivity contribution in [1.82, 2.24) is 20.2 Å². The van der Waals surface area contributed by atoms with E-state index in [0.29, 0.717) is 6.04 Å². The number of hydrogen-bond acceptors (Lipinski definition) is 2. The Morgan fingerprint density at radius 1 is 1.54 bits per heavy atom. The molecule has 2 rings (SSSR count). The summed E-state index contributed by atoms with van der Waals surface area (Å²) in [7, 11) is 0. The van der Waals surface area contributed by atoms with Crippen molar-refractivity contribution < 1.29 is 0 Å². The highest BCUT2D eigenvalue weighted by molar-refractivity contribution is 4.78. The van der Waals surface area contributed by atoms with Crippen LogP contribution in [0, 0.1) is 0 Å². The van der Waals surface area contributed by atoms with Crippen molar-refractivity contribution in [2.75, 3.05) is 19.6 Å². The van der Waals surface area contributed by atoms with Gasteiger partial charge in [0.05, 0.1) is 6.33 Å². The van der Waals surface area contributed by atoms with Gasteiger partial charge in [0.15, 0.2) is 0 Å². The van der Waals surface area contributed by atoms with E-state index in [9.17, 15) is 0 Å². The maximum absolute atomic E-state index is 4.53. The monoisotopic (exact) mass is 179 g/mol. The summed E-state index contributed by atoms with van der Waals surface area (Å²) < 4.78 is 2.10. The fourth-order valence-corrected chi connectivity index (χ4v) is 1.57. The molecule has 1 N–H and O–H groups in total. The Bertz CT molecular complexity index is 226. The average Bonchev–Trinajstić information content (AvgIpc) is 2.69.